The highest BCUT2D eigenvalue weighted by molar-refractivity contribution is 7.55. The summed E-state index contributed by atoms with van der Waals surface area (Å²) in [6.07, 6.45) is 0. The third-order valence-corrected chi connectivity index (χ3v) is 5.80. The summed E-state index contributed by atoms with van der Waals surface area (Å²) < 4.78 is 0. The summed E-state index contributed by atoms with van der Waals surface area (Å²) >= 11 is 35.8. The van der Waals surface area contributed by atoms with Crippen LogP contribution in [0.25, 0.3) is 0 Å². The third-order valence-electron chi connectivity index (χ3n) is 2.26. The Kier molecular flexibility index (Phi) is 5.54. The Hall–Kier alpha value is 0.610. The molecule has 0 fully saturated rings. The summed E-state index contributed by atoms with van der Waals surface area (Å²) in [5.74, 6) is 0. The second-order valence-corrected chi connectivity index (χ2v) is 7.42. The molecule has 0 nitrogen and oxygen atoms in total. The maximum atomic E-state index is 5.99. The van der Waals surface area contributed by atoms with Crippen molar-refractivity contribution in [3.63, 3.8) is 0 Å². The summed E-state index contributed by atoms with van der Waals surface area (Å²) in [6.45, 7) is 0. The molecule has 0 unspecified atom stereocenters. The van der Waals surface area contributed by atoms with Gasteiger partial charge in [0.1, 0.15) is 0 Å². The van der Waals surface area contributed by atoms with Crippen molar-refractivity contribution >= 4 is 88.8 Å². The minimum Gasteiger partial charge on any atom is -0.0826 e. The highest BCUT2D eigenvalue weighted by Gasteiger charge is 2.09. The molecule has 2 aromatic rings. The van der Waals surface area contributed by atoms with Crippen molar-refractivity contribution < 1.29 is 0 Å². The van der Waals surface area contributed by atoms with E-state index in [9.17, 15) is 0 Å². The molecular formula is C12H5Cl6P. The summed E-state index contributed by atoms with van der Waals surface area (Å²) in [6, 6.07) is 7.07. The van der Waals surface area contributed by atoms with Crippen LogP contribution in [0, 0.1) is 0 Å². The second kappa shape index (κ2) is 6.58. The zero-order valence-corrected chi connectivity index (χ0v) is 14.6. The van der Waals surface area contributed by atoms with Crippen LogP contribution in [-0.2, 0) is 0 Å². The summed E-state index contributed by atoms with van der Waals surface area (Å²) in [5.41, 5.74) is 0. The molecule has 0 saturated heterocycles. The van der Waals surface area contributed by atoms with E-state index in [1.807, 2.05) is 0 Å². The van der Waals surface area contributed by atoms with Gasteiger partial charge in [0.15, 0.2) is 0 Å². The van der Waals surface area contributed by atoms with E-state index in [2.05, 4.69) is 0 Å². The van der Waals surface area contributed by atoms with Crippen LogP contribution >= 0.6 is 78.2 Å². The SMILES string of the molecule is Clc1cc(Pc2cc(Cl)c(Cl)c(Cl)c2)cc(Cl)c1Cl. The molecule has 0 aliphatic carbocycles. The largest absolute Gasteiger partial charge is 0.0826 e. The Balaban J connectivity index is 2.36. The van der Waals surface area contributed by atoms with E-state index >= 15 is 0 Å². The van der Waals surface area contributed by atoms with Gasteiger partial charge in [0.25, 0.3) is 0 Å². The van der Waals surface area contributed by atoms with Crippen molar-refractivity contribution in [1.82, 2.24) is 0 Å². The van der Waals surface area contributed by atoms with E-state index < -0.39 is 0 Å². The lowest BCUT2D eigenvalue weighted by atomic mass is 10.3. The molecule has 0 radical (unpaired) electrons. The Morgan fingerprint density at radius 2 is 0.789 bits per heavy atom. The van der Waals surface area contributed by atoms with Crippen LogP contribution in [0.2, 0.25) is 30.1 Å². The van der Waals surface area contributed by atoms with Crippen molar-refractivity contribution in [2.75, 3.05) is 0 Å². The molecular weight excluding hydrogens is 388 g/mol. The van der Waals surface area contributed by atoms with Gasteiger partial charge in [-0.05, 0) is 34.9 Å². The lowest BCUT2D eigenvalue weighted by Crippen LogP contribution is -2.04. The van der Waals surface area contributed by atoms with Gasteiger partial charge in [-0.25, -0.2) is 0 Å². The average Bonchev–Trinajstić information content (AvgIpc) is 2.33. The van der Waals surface area contributed by atoms with E-state index in [1.165, 1.54) is 0 Å². The fraction of sp³-hybridized carbons (Fsp3) is 0. The molecule has 2 aromatic carbocycles. The summed E-state index contributed by atoms with van der Waals surface area (Å²) in [4.78, 5) is 0. The van der Waals surface area contributed by atoms with Crippen LogP contribution in [0.4, 0.5) is 0 Å². The van der Waals surface area contributed by atoms with Crippen LogP contribution in [0.1, 0.15) is 0 Å². The van der Waals surface area contributed by atoms with Gasteiger partial charge < -0.3 is 0 Å². The monoisotopic (exact) mass is 390 g/mol. The van der Waals surface area contributed by atoms with E-state index in [1.54, 1.807) is 24.3 Å². The number of hydrogen-bond acceptors (Lipinski definition) is 0. The fourth-order valence-electron chi connectivity index (χ4n) is 1.42. The first-order valence-corrected chi connectivity index (χ1v) is 8.21. The van der Waals surface area contributed by atoms with E-state index in [0.29, 0.717) is 38.7 Å². The number of benzene rings is 2. The van der Waals surface area contributed by atoms with Gasteiger partial charge in [-0.3, -0.25) is 0 Å². The minimum absolute atomic E-state index is 0.300. The Labute approximate surface area is 142 Å². The van der Waals surface area contributed by atoms with E-state index in [4.69, 9.17) is 69.6 Å². The predicted molar refractivity (Wildman–Crippen MR) is 90.5 cm³/mol. The van der Waals surface area contributed by atoms with E-state index in [-0.39, 0.29) is 0 Å². The zero-order valence-electron chi connectivity index (χ0n) is 9.08. The maximum absolute atomic E-state index is 5.99. The first kappa shape index (κ1) is 16.0. The first-order chi connectivity index (χ1) is 8.88. The van der Waals surface area contributed by atoms with Crippen LogP contribution in [0.3, 0.4) is 0 Å². The molecule has 0 amide bonds. The van der Waals surface area contributed by atoms with Gasteiger partial charge in [0.05, 0.1) is 30.1 Å². The summed E-state index contributed by atoms with van der Waals surface area (Å²) in [7, 11) is 0.300. The molecule has 100 valence electrons. The normalized spacial score (nSPS) is 10.8. The molecule has 0 aromatic heterocycles. The van der Waals surface area contributed by atoms with Gasteiger partial charge in [-0.15, -0.1) is 0 Å². The van der Waals surface area contributed by atoms with Crippen molar-refractivity contribution in [2.24, 2.45) is 0 Å². The van der Waals surface area contributed by atoms with Crippen molar-refractivity contribution in [3.05, 3.63) is 54.4 Å². The lowest BCUT2D eigenvalue weighted by molar-refractivity contribution is 1.74. The molecule has 0 aliphatic heterocycles. The van der Waals surface area contributed by atoms with Gasteiger partial charge in [0.2, 0.25) is 0 Å². The molecule has 7 heteroatoms. The fourth-order valence-corrected chi connectivity index (χ4v) is 4.18. The molecule has 0 N–H and O–H groups in total. The zero-order chi connectivity index (χ0) is 14.2. The van der Waals surface area contributed by atoms with Gasteiger partial charge >= 0.3 is 0 Å². The topological polar surface area (TPSA) is 0 Å². The molecule has 0 heterocycles. The molecule has 0 aliphatic rings. The Bertz CT molecular complexity index is 539. The van der Waals surface area contributed by atoms with Gasteiger partial charge in [0, 0.05) is 0 Å². The van der Waals surface area contributed by atoms with Crippen LogP contribution in [0.5, 0.6) is 0 Å². The average molecular weight is 393 g/mol. The minimum atomic E-state index is 0.300. The van der Waals surface area contributed by atoms with Crippen molar-refractivity contribution in [2.45, 2.75) is 0 Å². The molecule has 2 rings (SSSR count). The third kappa shape index (κ3) is 3.83. The quantitative estimate of drug-likeness (QED) is 0.419. The molecule has 0 atom stereocenters. The van der Waals surface area contributed by atoms with Gasteiger partial charge in [-0.2, -0.15) is 0 Å². The summed E-state index contributed by atoms with van der Waals surface area (Å²) in [5, 5.41) is 4.26. The Morgan fingerprint density at radius 1 is 0.526 bits per heavy atom. The first-order valence-electron chi connectivity index (χ1n) is 4.94. The molecule has 19 heavy (non-hydrogen) atoms. The standard InChI is InChI=1S/C12H5Cl6P/c13-7-1-5(2-8(14)11(7)17)19-6-3-9(15)12(18)10(16)4-6/h1-4,19H. The van der Waals surface area contributed by atoms with Crippen molar-refractivity contribution in [1.29, 1.82) is 0 Å². The highest BCUT2D eigenvalue weighted by Crippen LogP contribution is 2.33. The number of rotatable bonds is 2. The van der Waals surface area contributed by atoms with E-state index in [0.717, 1.165) is 10.6 Å². The van der Waals surface area contributed by atoms with Crippen LogP contribution in [-0.4, -0.2) is 0 Å². The predicted octanol–water partition coefficient (Wildman–Crippen LogP) is 6.24. The lowest BCUT2D eigenvalue weighted by Gasteiger charge is -2.08. The van der Waals surface area contributed by atoms with Gasteiger partial charge in [-0.1, -0.05) is 78.2 Å². The molecule has 0 saturated carbocycles. The smallest absolute Gasteiger partial charge is 0.0778 e. The number of halogens is 6. The maximum Gasteiger partial charge on any atom is 0.0778 e. The van der Waals surface area contributed by atoms with Crippen molar-refractivity contribution in [3.8, 4) is 0 Å². The highest BCUT2D eigenvalue weighted by atomic mass is 35.5. The van der Waals surface area contributed by atoms with Crippen LogP contribution in [0.15, 0.2) is 24.3 Å². The Morgan fingerprint density at radius 3 is 1.05 bits per heavy atom. The van der Waals surface area contributed by atoms with Crippen LogP contribution < -0.4 is 10.6 Å². The molecule has 0 spiro atoms. The number of hydrogen-bond donors (Lipinski definition) is 0. The molecule has 0 bridgehead atoms. The second-order valence-electron chi connectivity index (χ2n) is 3.63.